The molecule has 0 aliphatic carbocycles. The van der Waals surface area contributed by atoms with Crippen molar-refractivity contribution in [3.63, 3.8) is 0 Å². The summed E-state index contributed by atoms with van der Waals surface area (Å²) in [5.41, 5.74) is 0. The molecule has 0 fully saturated rings. The summed E-state index contributed by atoms with van der Waals surface area (Å²) < 4.78 is 0. The van der Waals surface area contributed by atoms with Crippen molar-refractivity contribution in [2.24, 2.45) is 0 Å². The monoisotopic (exact) mass is 270 g/mol. The van der Waals surface area contributed by atoms with E-state index in [9.17, 15) is 4.79 Å². The third-order valence-corrected chi connectivity index (χ3v) is 3.53. The van der Waals surface area contributed by atoms with E-state index < -0.39 is 0 Å². The molecule has 3 nitrogen and oxygen atoms in total. The fourth-order valence-electron chi connectivity index (χ4n) is 2.41. The second-order valence-electron chi connectivity index (χ2n) is 5.71. The molecule has 19 heavy (non-hydrogen) atoms. The molecule has 1 amide bonds. The Morgan fingerprint density at radius 1 is 0.947 bits per heavy atom. The van der Waals surface area contributed by atoms with E-state index in [1.165, 1.54) is 25.7 Å². The maximum Gasteiger partial charge on any atom is 0.237 e. The summed E-state index contributed by atoms with van der Waals surface area (Å²) in [6.45, 7) is 10.6. The van der Waals surface area contributed by atoms with Gasteiger partial charge in [0.05, 0.1) is 6.04 Å². The van der Waals surface area contributed by atoms with Crippen LogP contribution in [0.1, 0.15) is 79.6 Å². The maximum atomic E-state index is 12.1. The van der Waals surface area contributed by atoms with Crippen LogP contribution in [0.25, 0.3) is 0 Å². The van der Waals surface area contributed by atoms with Gasteiger partial charge in [0.25, 0.3) is 0 Å². The average Bonchev–Trinajstić information content (AvgIpc) is 2.36. The lowest BCUT2D eigenvalue weighted by molar-refractivity contribution is -0.123. The summed E-state index contributed by atoms with van der Waals surface area (Å²) in [6, 6.07) is 0.668. The molecule has 0 saturated carbocycles. The summed E-state index contributed by atoms with van der Waals surface area (Å²) in [5.74, 6) is 0.138. The maximum absolute atomic E-state index is 12.1. The standard InChI is InChI=1S/C16H34N2O/c1-6-9-12-15(11-8-3)18-14(5)16(19)17-13(4)10-7-2/h13-15,18H,6-12H2,1-5H3,(H,17,19). The number of amides is 1. The Hall–Kier alpha value is -0.570. The van der Waals surface area contributed by atoms with E-state index in [-0.39, 0.29) is 18.0 Å². The lowest BCUT2D eigenvalue weighted by Crippen LogP contribution is -2.48. The van der Waals surface area contributed by atoms with Gasteiger partial charge < -0.3 is 10.6 Å². The first-order chi connectivity index (χ1) is 9.04. The molecule has 0 radical (unpaired) electrons. The first kappa shape index (κ1) is 18.4. The van der Waals surface area contributed by atoms with E-state index >= 15 is 0 Å². The van der Waals surface area contributed by atoms with Crippen molar-refractivity contribution in [1.82, 2.24) is 10.6 Å². The highest BCUT2D eigenvalue weighted by atomic mass is 16.2. The highest BCUT2D eigenvalue weighted by Gasteiger charge is 2.18. The molecular formula is C16H34N2O. The minimum atomic E-state index is -0.0901. The number of hydrogen-bond donors (Lipinski definition) is 2. The van der Waals surface area contributed by atoms with Crippen LogP contribution in [0.3, 0.4) is 0 Å². The summed E-state index contributed by atoms with van der Waals surface area (Å²) in [5, 5.41) is 6.57. The number of nitrogens with one attached hydrogen (secondary N) is 2. The zero-order chi connectivity index (χ0) is 14.7. The van der Waals surface area contributed by atoms with Crippen molar-refractivity contribution in [1.29, 1.82) is 0 Å². The van der Waals surface area contributed by atoms with Gasteiger partial charge in [0.15, 0.2) is 0 Å². The molecule has 3 unspecified atom stereocenters. The lowest BCUT2D eigenvalue weighted by atomic mass is 10.0. The van der Waals surface area contributed by atoms with Gasteiger partial charge >= 0.3 is 0 Å². The molecule has 0 rings (SSSR count). The van der Waals surface area contributed by atoms with Gasteiger partial charge in [-0.1, -0.05) is 46.5 Å². The molecule has 0 aliphatic rings. The lowest BCUT2D eigenvalue weighted by Gasteiger charge is -2.24. The van der Waals surface area contributed by atoms with Crippen LogP contribution in [0.4, 0.5) is 0 Å². The van der Waals surface area contributed by atoms with Gasteiger partial charge in [0, 0.05) is 12.1 Å². The molecule has 3 heteroatoms. The van der Waals surface area contributed by atoms with Crippen molar-refractivity contribution in [2.75, 3.05) is 0 Å². The molecule has 0 saturated heterocycles. The molecule has 0 heterocycles. The van der Waals surface area contributed by atoms with Gasteiger partial charge in [0.1, 0.15) is 0 Å². The van der Waals surface area contributed by atoms with E-state index in [4.69, 9.17) is 0 Å². The zero-order valence-electron chi connectivity index (χ0n) is 13.6. The zero-order valence-corrected chi connectivity index (χ0v) is 13.6. The highest BCUT2D eigenvalue weighted by molar-refractivity contribution is 5.81. The van der Waals surface area contributed by atoms with Crippen LogP contribution in [0.5, 0.6) is 0 Å². The SMILES string of the molecule is CCCCC(CCC)NC(C)C(=O)NC(C)CCC. The molecule has 0 bridgehead atoms. The third-order valence-electron chi connectivity index (χ3n) is 3.53. The van der Waals surface area contributed by atoms with E-state index in [0.717, 1.165) is 19.3 Å². The van der Waals surface area contributed by atoms with Crippen LogP contribution in [0.15, 0.2) is 0 Å². The number of carbonyl (C=O) groups is 1. The topological polar surface area (TPSA) is 41.1 Å². The highest BCUT2D eigenvalue weighted by Crippen LogP contribution is 2.08. The molecule has 0 aromatic rings. The summed E-state index contributed by atoms with van der Waals surface area (Å²) in [6.07, 6.45) is 8.11. The Balaban J connectivity index is 4.13. The number of unbranched alkanes of at least 4 members (excludes halogenated alkanes) is 1. The second-order valence-corrected chi connectivity index (χ2v) is 5.71. The fourth-order valence-corrected chi connectivity index (χ4v) is 2.41. The largest absolute Gasteiger partial charge is 0.352 e. The molecule has 0 spiro atoms. The normalized spacial score (nSPS) is 15.8. The Bertz CT molecular complexity index is 231. The van der Waals surface area contributed by atoms with Crippen molar-refractivity contribution in [3.05, 3.63) is 0 Å². The van der Waals surface area contributed by atoms with Crippen LogP contribution in [-0.2, 0) is 4.79 Å². The molecule has 114 valence electrons. The van der Waals surface area contributed by atoms with Crippen LogP contribution >= 0.6 is 0 Å². The molecule has 2 N–H and O–H groups in total. The Morgan fingerprint density at radius 2 is 1.58 bits per heavy atom. The molecule has 3 atom stereocenters. The molecule has 0 aromatic heterocycles. The Kier molecular flexibility index (Phi) is 10.9. The number of rotatable bonds is 11. The average molecular weight is 270 g/mol. The summed E-state index contributed by atoms with van der Waals surface area (Å²) in [7, 11) is 0. The summed E-state index contributed by atoms with van der Waals surface area (Å²) in [4.78, 5) is 12.1. The second kappa shape index (κ2) is 11.3. The Labute approximate surface area is 119 Å². The van der Waals surface area contributed by atoms with Crippen LogP contribution in [0, 0.1) is 0 Å². The van der Waals surface area contributed by atoms with Crippen LogP contribution < -0.4 is 10.6 Å². The van der Waals surface area contributed by atoms with Crippen molar-refractivity contribution >= 4 is 5.91 Å². The van der Waals surface area contributed by atoms with Gasteiger partial charge in [-0.2, -0.15) is 0 Å². The van der Waals surface area contributed by atoms with Crippen molar-refractivity contribution in [3.8, 4) is 0 Å². The quantitative estimate of drug-likeness (QED) is 0.602. The first-order valence-corrected chi connectivity index (χ1v) is 8.11. The Morgan fingerprint density at radius 3 is 2.11 bits per heavy atom. The first-order valence-electron chi connectivity index (χ1n) is 8.11. The third kappa shape index (κ3) is 9.04. The van der Waals surface area contributed by atoms with Crippen molar-refractivity contribution in [2.45, 2.75) is 97.7 Å². The van der Waals surface area contributed by atoms with Gasteiger partial charge in [0.2, 0.25) is 5.91 Å². The van der Waals surface area contributed by atoms with E-state index in [1.807, 2.05) is 6.92 Å². The van der Waals surface area contributed by atoms with E-state index in [1.54, 1.807) is 0 Å². The number of carbonyl (C=O) groups excluding carboxylic acids is 1. The smallest absolute Gasteiger partial charge is 0.237 e. The number of hydrogen-bond acceptors (Lipinski definition) is 2. The van der Waals surface area contributed by atoms with Gasteiger partial charge in [-0.05, 0) is 33.1 Å². The predicted octanol–water partition coefficient (Wildman–Crippen LogP) is 3.63. The van der Waals surface area contributed by atoms with Crippen molar-refractivity contribution < 1.29 is 4.79 Å². The fraction of sp³-hybridized carbons (Fsp3) is 0.938. The predicted molar refractivity (Wildman–Crippen MR) is 83.3 cm³/mol. The van der Waals surface area contributed by atoms with Gasteiger partial charge in [-0.25, -0.2) is 0 Å². The minimum Gasteiger partial charge on any atom is -0.352 e. The minimum absolute atomic E-state index is 0.0901. The van der Waals surface area contributed by atoms with Gasteiger partial charge in [-0.3, -0.25) is 4.79 Å². The van der Waals surface area contributed by atoms with E-state index in [0.29, 0.717) is 6.04 Å². The van der Waals surface area contributed by atoms with Gasteiger partial charge in [-0.15, -0.1) is 0 Å². The van der Waals surface area contributed by atoms with E-state index in [2.05, 4.69) is 38.3 Å². The molecular weight excluding hydrogens is 236 g/mol. The van der Waals surface area contributed by atoms with Crippen LogP contribution in [0.2, 0.25) is 0 Å². The summed E-state index contributed by atoms with van der Waals surface area (Å²) >= 11 is 0. The van der Waals surface area contributed by atoms with Crippen LogP contribution in [-0.4, -0.2) is 24.0 Å². The molecule has 0 aromatic carbocycles. The molecule has 0 aliphatic heterocycles.